The van der Waals surface area contributed by atoms with Crippen molar-refractivity contribution in [3.63, 3.8) is 0 Å². The van der Waals surface area contributed by atoms with Gasteiger partial charge in [0, 0.05) is 45.2 Å². The van der Waals surface area contributed by atoms with E-state index in [1.807, 2.05) is 11.0 Å². The second kappa shape index (κ2) is 8.02. The summed E-state index contributed by atoms with van der Waals surface area (Å²) in [5.41, 5.74) is 1.10. The number of benzene rings is 1. The predicted octanol–water partition coefficient (Wildman–Crippen LogP) is 1.17. The molecule has 0 radical (unpaired) electrons. The van der Waals surface area contributed by atoms with Gasteiger partial charge in [-0.25, -0.2) is 4.79 Å². The Morgan fingerprint density at radius 1 is 1.00 bits per heavy atom. The Balaban J connectivity index is 1.39. The van der Waals surface area contributed by atoms with E-state index in [0.717, 1.165) is 26.2 Å². The maximum absolute atomic E-state index is 13.0. The van der Waals surface area contributed by atoms with Gasteiger partial charge in [-0.3, -0.25) is 14.2 Å². The van der Waals surface area contributed by atoms with Crippen molar-refractivity contribution >= 4 is 22.9 Å². The van der Waals surface area contributed by atoms with Gasteiger partial charge in [-0.05, 0) is 38.9 Å². The highest BCUT2D eigenvalue weighted by Gasteiger charge is 2.33. The van der Waals surface area contributed by atoms with Crippen LogP contribution in [0, 0.1) is 5.92 Å². The van der Waals surface area contributed by atoms with Crippen LogP contribution in [0.3, 0.4) is 0 Å². The first-order valence-corrected chi connectivity index (χ1v) is 10.3. The van der Waals surface area contributed by atoms with Crippen LogP contribution in [0.4, 0.5) is 0 Å². The summed E-state index contributed by atoms with van der Waals surface area (Å²) < 4.78 is 6.68. The van der Waals surface area contributed by atoms with Crippen molar-refractivity contribution in [3.05, 3.63) is 34.8 Å². The number of para-hydroxylation sites is 2. The van der Waals surface area contributed by atoms with Crippen molar-refractivity contribution in [3.8, 4) is 0 Å². The monoisotopic (exact) mass is 400 g/mol. The molecule has 2 aromatic rings. The number of aromatic nitrogens is 1. The van der Waals surface area contributed by atoms with Gasteiger partial charge in [0.2, 0.25) is 11.8 Å². The summed E-state index contributed by atoms with van der Waals surface area (Å²) in [4.78, 5) is 44.1. The lowest BCUT2D eigenvalue weighted by Gasteiger charge is -2.38. The molecular formula is C21H28N4O4. The average molecular weight is 400 g/mol. The number of hydrogen-bond donors (Lipinski definition) is 0. The number of rotatable bonds is 3. The van der Waals surface area contributed by atoms with Gasteiger partial charge in [0.1, 0.15) is 6.04 Å². The van der Waals surface area contributed by atoms with Crippen LogP contribution >= 0.6 is 0 Å². The van der Waals surface area contributed by atoms with Gasteiger partial charge in [-0.2, -0.15) is 0 Å². The van der Waals surface area contributed by atoms with Crippen LogP contribution in [-0.2, 0) is 9.59 Å². The van der Waals surface area contributed by atoms with E-state index in [9.17, 15) is 14.4 Å². The summed E-state index contributed by atoms with van der Waals surface area (Å²) in [5, 5.41) is 0. The number of nitrogens with zero attached hydrogens (tertiary/aromatic N) is 4. The number of likely N-dealkylation sites (tertiary alicyclic amines) is 1. The van der Waals surface area contributed by atoms with Crippen LogP contribution in [0.1, 0.15) is 25.8 Å². The Morgan fingerprint density at radius 3 is 2.34 bits per heavy atom. The van der Waals surface area contributed by atoms with Crippen LogP contribution in [0.15, 0.2) is 33.5 Å². The standard InChI is InChI=1S/C21H28N4O4/c1-15(25-17-5-3-4-6-18(17)29-21(25)28)19(26)23-9-7-16(8-10-23)20(27)24-13-11-22(2)12-14-24/h3-6,15-16H,7-14H2,1-2H3. The van der Waals surface area contributed by atoms with Crippen LogP contribution in [-0.4, -0.2) is 77.4 Å². The van der Waals surface area contributed by atoms with E-state index in [4.69, 9.17) is 4.42 Å². The van der Waals surface area contributed by atoms with Gasteiger partial charge < -0.3 is 19.1 Å². The summed E-state index contributed by atoms with van der Waals surface area (Å²) in [7, 11) is 2.07. The van der Waals surface area contributed by atoms with Crippen LogP contribution < -0.4 is 5.76 Å². The minimum absolute atomic E-state index is 0.0183. The number of piperazine rings is 1. The fourth-order valence-corrected chi connectivity index (χ4v) is 4.36. The highest BCUT2D eigenvalue weighted by molar-refractivity contribution is 5.84. The normalized spacial score (nSPS) is 20.2. The van der Waals surface area contributed by atoms with E-state index in [1.54, 1.807) is 30.0 Å². The smallest absolute Gasteiger partial charge is 0.408 e. The van der Waals surface area contributed by atoms with Gasteiger partial charge in [-0.15, -0.1) is 0 Å². The lowest BCUT2D eigenvalue weighted by Crippen LogP contribution is -2.51. The summed E-state index contributed by atoms with van der Waals surface area (Å²) in [6, 6.07) is 6.48. The molecule has 0 spiro atoms. The third kappa shape index (κ3) is 3.81. The summed E-state index contributed by atoms with van der Waals surface area (Å²) >= 11 is 0. The number of carbonyl (C=O) groups is 2. The molecule has 0 aliphatic carbocycles. The zero-order valence-electron chi connectivity index (χ0n) is 17.0. The Morgan fingerprint density at radius 2 is 1.66 bits per heavy atom. The number of hydrogen-bond acceptors (Lipinski definition) is 5. The van der Waals surface area contributed by atoms with E-state index in [0.29, 0.717) is 37.0 Å². The van der Waals surface area contributed by atoms with Crippen LogP contribution in [0.25, 0.3) is 11.1 Å². The molecule has 1 aromatic heterocycles. The van der Waals surface area contributed by atoms with Gasteiger partial charge in [-0.1, -0.05) is 12.1 Å². The molecule has 8 nitrogen and oxygen atoms in total. The molecule has 1 atom stereocenters. The minimum atomic E-state index is -0.643. The summed E-state index contributed by atoms with van der Waals surface area (Å²) in [6.45, 7) is 6.19. The topological polar surface area (TPSA) is 79.0 Å². The highest BCUT2D eigenvalue weighted by atomic mass is 16.4. The van der Waals surface area contributed by atoms with Crippen molar-refractivity contribution in [1.82, 2.24) is 19.3 Å². The Hall–Kier alpha value is -2.61. The van der Waals surface area contributed by atoms with Gasteiger partial charge in [0.15, 0.2) is 5.58 Å². The zero-order valence-corrected chi connectivity index (χ0v) is 17.0. The first-order valence-electron chi connectivity index (χ1n) is 10.3. The molecule has 2 aliphatic heterocycles. The highest BCUT2D eigenvalue weighted by Crippen LogP contribution is 2.24. The quantitative estimate of drug-likeness (QED) is 0.773. The summed E-state index contributed by atoms with van der Waals surface area (Å²) in [5.74, 6) is -0.429. The van der Waals surface area contributed by atoms with E-state index in [1.165, 1.54) is 4.57 Å². The van der Waals surface area contributed by atoms with Crippen LogP contribution in [0.5, 0.6) is 0 Å². The molecule has 0 bridgehead atoms. The van der Waals surface area contributed by atoms with Crippen molar-refractivity contribution < 1.29 is 14.0 Å². The lowest BCUT2D eigenvalue weighted by atomic mass is 9.94. The molecule has 156 valence electrons. The molecule has 3 heterocycles. The third-order valence-electron chi connectivity index (χ3n) is 6.23. The molecule has 2 saturated heterocycles. The van der Waals surface area contributed by atoms with E-state index < -0.39 is 11.8 Å². The molecule has 1 unspecified atom stereocenters. The second-order valence-corrected chi connectivity index (χ2v) is 8.11. The molecule has 29 heavy (non-hydrogen) atoms. The molecule has 2 fully saturated rings. The molecule has 8 heteroatoms. The summed E-state index contributed by atoms with van der Waals surface area (Å²) in [6.07, 6.45) is 1.34. The van der Waals surface area contributed by atoms with Gasteiger partial charge in [0.05, 0.1) is 5.52 Å². The van der Waals surface area contributed by atoms with E-state index in [-0.39, 0.29) is 17.7 Å². The van der Waals surface area contributed by atoms with Gasteiger partial charge in [0.25, 0.3) is 0 Å². The first-order chi connectivity index (χ1) is 14.0. The number of carbonyl (C=O) groups excluding carboxylic acids is 2. The Bertz CT molecular complexity index is 949. The molecule has 4 rings (SSSR count). The minimum Gasteiger partial charge on any atom is -0.408 e. The fraction of sp³-hybridized carbons (Fsp3) is 0.571. The number of oxazole rings is 1. The fourth-order valence-electron chi connectivity index (χ4n) is 4.36. The van der Waals surface area contributed by atoms with E-state index in [2.05, 4.69) is 11.9 Å². The van der Waals surface area contributed by atoms with Crippen molar-refractivity contribution in [2.24, 2.45) is 5.92 Å². The third-order valence-corrected chi connectivity index (χ3v) is 6.23. The maximum Gasteiger partial charge on any atom is 0.420 e. The first kappa shape index (κ1) is 19.7. The van der Waals surface area contributed by atoms with Gasteiger partial charge >= 0.3 is 5.76 Å². The molecule has 2 amide bonds. The predicted molar refractivity (Wildman–Crippen MR) is 109 cm³/mol. The number of likely N-dealkylation sites (N-methyl/N-ethyl adjacent to an activating group) is 1. The van der Waals surface area contributed by atoms with E-state index >= 15 is 0 Å². The SMILES string of the molecule is CC(C(=O)N1CCC(C(=O)N2CCN(C)CC2)CC1)n1c(=O)oc2ccccc21. The molecule has 0 saturated carbocycles. The largest absolute Gasteiger partial charge is 0.420 e. The van der Waals surface area contributed by atoms with Crippen molar-refractivity contribution in [2.45, 2.75) is 25.8 Å². The average Bonchev–Trinajstić information content (AvgIpc) is 3.08. The molecule has 1 aromatic carbocycles. The van der Waals surface area contributed by atoms with Crippen LogP contribution in [0.2, 0.25) is 0 Å². The molecule has 0 N–H and O–H groups in total. The van der Waals surface area contributed by atoms with Crippen molar-refractivity contribution in [2.75, 3.05) is 46.3 Å². The number of piperidine rings is 1. The maximum atomic E-state index is 13.0. The number of amides is 2. The lowest BCUT2D eigenvalue weighted by molar-refractivity contribution is -0.143. The van der Waals surface area contributed by atoms with Crippen molar-refractivity contribution in [1.29, 1.82) is 0 Å². The number of fused-ring (bicyclic) bond motifs is 1. The molecule has 2 aliphatic rings. The Labute approximate surface area is 169 Å². The zero-order chi connectivity index (χ0) is 20.5. The molecular weight excluding hydrogens is 372 g/mol. The second-order valence-electron chi connectivity index (χ2n) is 8.11. The Kier molecular flexibility index (Phi) is 5.45.